The number of nitrogens with zero attached hydrogens (tertiary/aromatic N) is 1. The Morgan fingerprint density at radius 2 is 1.64 bits per heavy atom. The molecule has 0 saturated carbocycles. The number of para-hydroxylation sites is 3. The predicted molar refractivity (Wildman–Crippen MR) is 145 cm³/mol. The number of rotatable bonds is 13. The van der Waals surface area contributed by atoms with E-state index in [2.05, 4.69) is 5.32 Å². The van der Waals surface area contributed by atoms with Crippen LogP contribution < -0.4 is 19.1 Å². The highest BCUT2D eigenvalue weighted by Crippen LogP contribution is 2.33. The number of sulfonamides is 1. The Morgan fingerprint density at radius 3 is 2.31 bits per heavy atom. The standard InChI is InChI=1S/C27H32N2O5S2/c1-4-34-26-14-8-6-12-24(26)29(36(31,32)23-17-15-22(35-3)16-18-23)20-27(30)28-19-9-11-21-10-5-7-13-25(21)33-2/h5-8,10,12-18H,4,9,11,19-20H2,1-3H3,(H,28,30). The molecule has 3 rings (SSSR count). The van der Waals surface area contributed by atoms with Gasteiger partial charge in [-0.25, -0.2) is 8.42 Å². The fraction of sp³-hybridized carbons (Fsp3) is 0.296. The number of ether oxygens (including phenoxy) is 2. The molecule has 0 fully saturated rings. The molecule has 0 spiro atoms. The number of aryl methyl sites for hydroxylation is 1. The zero-order valence-corrected chi connectivity index (χ0v) is 22.4. The SMILES string of the molecule is CCOc1ccccc1N(CC(=O)NCCCc1ccccc1OC)S(=O)(=O)c1ccc(SC)cc1. The van der Waals surface area contributed by atoms with E-state index in [-0.39, 0.29) is 11.4 Å². The molecule has 0 radical (unpaired) electrons. The Bertz CT molecular complexity index is 1250. The van der Waals surface area contributed by atoms with Gasteiger partial charge >= 0.3 is 0 Å². The highest BCUT2D eigenvalue weighted by Gasteiger charge is 2.29. The number of anilines is 1. The van der Waals surface area contributed by atoms with E-state index in [4.69, 9.17) is 9.47 Å². The van der Waals surface area contributed by atoms with Crippen molar-refractivity contribution in [2.24, 2.45) is 0 Å². The largest absolute Gasteiger partial charge is 0.496 e. The zero-order valence-electron chi connectivity index (χ0n) is 20.8. The van der Waals surface area contributed by atoms with Crippen molar-refractivity contribution in [2.75, 3.05) is 37.4 Å². The van der Waals surface area contributed by atoms with Gasteiger partial charge in [0, 0.05) is 11.4 Å². The second kappa shape index (κ2) is 13.2. The number of hydrogen-bond donors (Lipinski definition) is 1. The van der Waals surface area contributed by atoms with Gasteiger partial charge in [-0.2, -0.15) is 0 Å². The number of methoxy groups -OCH3 is 1. The van der Waals surface area contributed by atoms with E-state index >= 15 is 0 Å². The number of carbonyl (C=O) groups is 1. The van der Waals surface area contributed by atoms with E-state index in [1.165, 1.54) is 11.8 Å². The molecule has 192 valence electrons. The van der Waals surface area contributed by atoms with Gasteiger partial charge in [0.1, 0.15) is 18.0 Å². The lowest BCUT2D eigenvalue weighted by molar-refractivity contribution is -0.119. The van der Waals surface area contributed by atoms with E-state index in [1.54, 1.807) is 55.6 Å². The van der Waals surface area contributed by atoms with Crippen LogP contribution in [-0.2, 0) is 21.2 Å². The molecule has 3 aromatic rings. The van der Waals surface area contributed by atoms with E-state index in [1.807, 2.05) is 37.4 Å². The Hall–Kier alpha value is -3.17. The van der Waals surface area contributed by atoms with Crippen LogP contribution in [0, 0.1) is 0 Å². The van der Waals surface area contributed by atoms with Crippen molar-refractivity contribution in [1.29, 1.82) is 0 Å². The van der Waals surface area contributed by atoms with Gasteiger partial charge in [-0.15, -0.1) is 11.8 Å². The molecular formula is C27H32N2O5S2. The van der Waals surface area contributed by atoms with Crippen molar-refractivity contribution in [3.05, 3.63) is 78.4 Å². The van der Waals surface area contributed by atoms with Crippen LogP contribution in [0.1, 0.15) is 18.9 Å². The monoisotopic (exact) mass is 528 g/mol. The number of thioether (sulfide) groups is 1. The third kappa shape index (κ3) is 6.95. The number of hydrogen-bond acceptors (Lipinski definition) is 6. The van der Waals surface area contributed by atoms with Gasteiger partial charge < -0.3 is 14.8 Å². The molecule has 0 heterocycles. The van der Waals surface area contributed by atoms with Crippen molar-refractivity contribution in [1.82, 2.24) is 5.32 Å². The average molecular weight is 529 g/mol. The van der Waals surface area contributed by atoms with Gasteiger partial charge in [0.05, 0.1) is 24.3 Å². The first-order chi connectivity index (χ1) is 17.4. The van der Waals surface area contributed by atoms with Crippen LogP contribution in [0.4, 0.5) is 5.69 Å². The maximum Gasteiger partial charge on any atom is 0.264 e. The lowest BCUT2D eigenvalue weighted by Crippen LogP contribution is -2.41. The van der Waals surface area contributed by atoms with Gasteiger partial charge in [0.15, 0.2) is 0 Å². The fourth-order valence-electron chi connectivity index (χ4n) is 3.72. The normalized spacial score (nSPS) is 11.1. The van der Waals surface area contributed by atoms with Gasteiger partial charge in [0.25, 0.3) is 10.0 Å². The van der Waals surface area contributed by atoms with Crippen LogP contribution in [0.2, 0.25) is 0 Å². The molecule has 0 aromatic heterocycles. The van der Waals surface area contributed by atoms with Crippen molar-refractivity contribution in [3.8, 4) is 11.5 Å². The van der Waals surface area contributed by atoms with Crippen molar-refractivity contribution in [3.63, 3.8) is 0 Å². The minimum absolute atomic E-state index is 0.107. The van der Waals surface area contributed by atoms with E-state index in [9.17, 15) is 13.2 Å². The first-order valence-corrected chi connectivity index (χ1v) is 14.3. The van der Waals surface area contributed by atoms with Crippen LogP contribution >= 0.6 is 11.8 Å². The Kier molecular flexibility index (Phi) is 10.1. The number of carbonyl (C=O) groups excluding carboxylic acids is 1. The molecule has 1 amide bonds. The summed E-state index contributed by atoms with van der Waals surface area (Å²) in [5.41, 5.74) is 1.37. The summed E-state index contributed by atoms with van der Waals surface area (Å²) in [4.78, 5) is 14.0. The molecule has 0 saturated heterocycles. The summed E-state index contributed by atoms with van der Waals surface area (Å²) in [5, 5.41) is 2.85. The lowest BCUT2D eigenvalue weighted by Gasteiger charge is -2.26. The summed E-state index contributed by atoms with van der Waals surface area (Å²) in [6, 6.07) is 21.2. The van der Waals surface area contributed by atoms with Crippen LogP contribution in [-0.4, -0.2) is 47.4 Å². The molecule has 36 heavy (non-hydrogen) atoms. The summed E-state index contributed by atoms with van der Waals surface area (Å²) < 4.78 is 39.5. The number of nitrogens with one attached hydrogen (secondary N) is 1. The van der Waals surface area contributed by atoms with E-state index in [0.717, 1.165) is 26.9 Å². The first kappa shape index (κ1) is 27.4. The van der Waals surface area contributed by atoms with Crippen molar-refractivity contribution >= 4 is 33.4 Å². The minimum atomic E-state index is -4.03. The second-order valence-electron chi connectivity index (χ2n) is 7.85. The molecule has 0 unspecified atom stereocenters. The molecule has 0 aliphatic carbocycles. The van der Waals surface area contributed by atoms with E-state index < -0.39 is 15.9 Å². The van der Waals surface area contributed by atoms with Crippen LogP contribution in [0.3, 0.4) is 0 Å². The summed E-state index contributed by atoms with van der Waals surface area (Å²) in [7, 11) is -2.40. The quantitative estimate of drug-likeness (QED) is 0.254. The molecule has 7 nitrogen and oxygen atoms in total. The van der Waals surface area contributed by atoms with Crippen LogP contribution in [0.15, 0.2) is 82.6 Å². The highest BCUT2D eigenvalue weighted by atomic mass is 32.2. The molecule has 1 N–H and O–H groups in total. The minimum Gasteiger partial charge on any atom is -0.496 e. The molecule has 3 aromatic carbocycles. The fourth-order valence-corrected chi connectivity index (χ4v) is 5.56. The molecular weight excluding hydrogens is 496 g/mol. The smallest absolute Gasteiger partial charge is 0.264 e. The van der Waals surface area contributed by atoms with Crippen molar-refractivity contribution in [2.45, 2.75) is 29.6 Å². The third-order valence-electron chi connectivity index (χ3n) is 5.51. The van der Waals surface area contributed by atoms with Gasteiger partial charge in [-0.1, -0.05) is 30.3 Å². The second-order valence-corrected chi connectivity index (χ2v) is 10.6. The summed E-state index contributed by atoms with van der Waals surface area (Å²) in [6.07, 6.45) is 3.33. The van der Waals surface area contributed by atoms with Crippen LogP contribution in [0.25, 0.3) is 0 Å². The topological polar surface area (TPSA) is 84.9 Å². The summed E-state index contributed by atoms with van der Waals surface area (Å²) in [5.74, 6) is 0.806. The molecule has 0 aliphatic rings. The number of amides is 1. The van der Waals surface area contributed by atoms with Crippen LogP contribution in [0.5, 0.6) is 11.5 Å². The first-order valence-electron chi connectivity index (χ1n) is 11.7. The lowest BCUT2D eigenvalue weighted by atomic mass is 10.1. The van der Waals surface area contributed by atoms with Gasteiger partial charge in [-0.05, 0) is 74.0 Å². The Labute approximate surface area is 217 Å². The molecule has 0 aliphatic heterocycles. The maximum atomic E-state index is 13.7. The Balaban J connectivity index is 1.78. The zero-order chi connectivity index (χ0) is 26.0. The van der Waals surface area contributed by atoms with Crippen molar-refractivity contribution < 1.29 is 22.7 Å². The van der Waals surface area contributed by atoms with Gasteiger partial charge in [0.2, 0.25) is 5.91 Å². The summed E-state index contributed by atoms with van der Waals surface area (Å²) in [6.45, 7) is 2.22. The average Bonchev–Trinajstić information content (AvgIpc) is 2.90. The third-order valence-corrected chi connectivity index (χ3v) is 8.02. The maximum absolute atomic E-state index is 13.7. The molecule has 0 atom stereocenters. The van der Waals surface area contributed by atoms with Gasteiger partial charge in [-0.3, -0.25) is 9.10 Å². The van der Waals surface area contributed by atoms with E-state index in [0.29, 0.717) is 31.0 Å². The predicted octanol–water partition coefficient (Wildman–Crippen LogP) is 4.76. The molecule has 0 bridgehead atoms. The highest BCUT2D eigenvalue weighted by molar-refractivity contribution is 7.98. The Morgan fingerprint density at radius 1 is 0.972 bits per heavy atom. The summed E-state index contributed by atoms with van der Waals surface area (Å²) >= 11 is 1.52. The molecule has 9 heteroatoms. The number of benzene rings is 3.